The van der Waals surface area contributed by atoms with Crippen molar-refractivity contribution in [3.63, 3.8) is 0 Å². The fourth-order valence-electron chi connectivity index (χ4n) is 3.39. The lowest BCUT2D eigenvalue weighted by Gasteiger charge is -2.34. The number of rotatable bonds is 4. The molecule has 18 heavy (non-hydrogen) atoms. The first kappa shape index (κ1) is 13.6. The molecule has 2 nitrogen and oxygen atoms in total. The van der Waals surface area contributed by atoms with Crippen LogP contribution in [0.4, 0.5) is 0 Å². The molecule has 0 heterocycles. The van der Waals surface area contributed by atoms with Crippen molar-refractivity contribution in [1.82, 2.24) is 5.43 Å². The van der Waals surface area contributed by atoms with Gasteiger partial charge in [-0.2, -0.15) is 0 Å². The molecule has 1 saturated carbocycles. The average molecular weight is 246 g/mol. The highest BCUT2D eigenvalue weighted by Crippen LogP contribution is 2.44. The predicted octanol–water partition coefficient (Wildman–Crippen LogP) is 3.20. The number of benzene rings is 1. The molecule has 1 aromatic carbocycles. The van der Waals surface area contributed by atoms with E-state index in [1.54, 1.807) is 0 Å². The molecule has 1 aliphatic carbocycles. The van der Waals surface area contributed by atoms with E-state index in [0.717, 1.165) is 6.42 Å². The van der Waals surface area contributed by atoms with Crippen LogP contribution in [0.15, 0.2) is 24.3 Å². The van der Waals surface area contributed by atoms with Gasteiger partial charge in [-0.05, 0) is 43.1 Å². The lowest BCUT2D eigenvalue weighted by Crippen LogP contribution is -2.45. The third-order valence-electron chi connectivity index (χ3n) is 4.62. The minimum atomic E-state index is 0.394. The Kier molecular flexibility index (Phi) is 4.08. The van der Waals surface area contributed by atoms with E-state index in [9.17, 15) is 0 Å². The van der Waals surface area contributed by atoms with Gasteiger partial charge in [-0.15, -0.1) is 0 Å². The molecule has 2 rings (SSSR count). The number of hydrogen-bond acceptors (Lipinski definition) is 2. The maximum Gasteiger partial charge on any atom is 0.0284 e. The van der Waals surface area contributed by atoms with E-state index in [1.165, 1.54) is 30.4 Å². The summed E-state index contributed by atoms with van der Waals surface area (Å²) < 4.78 is 0. The van der Waals surface area contributed by atoms with E-state index in [1.807, 2.05) is 0 Å². The molecule has 0 radical (unpaired) electrons. The Morgan fingerprint density at radius 3 is 2.50 bits per heavy atom. The first-order valence-electron chi connectivity index (χ1n) is 7.04. The molecule has 2 heteroatoms. The van der Waals surface area contributed by atoms with Crippen molar-refractivity contribution in [1.29, 1.82) is 0 Å². The number of hydrazine groups is 1. The van der Waals surface area contributed by atoms with E-state index in [2.05, 4.69) is 50.5 Å². The standard InChI is InChI=1S/C16H26N2/c1-12-6-8-13(9-7-12)11-15(18-17)14-5-4-10-16(14,2)3/h6-9,14-15,18H,4-5,10-11,17H2,1-3H3. The molecule has 0 bridgehead atoms. The van der Waals surface area contributed by atoms with Crippen molar-refractivity contribution < 1.29 is 0 Å². The van der Waals surface area contributed by atoms with Crippen LogP contribution in [0.1, 0.15) is 44.2 Å². The van der Waals surface area contributed by atoms with E-state index in [4.69, 9.17) is 5.84 Å². The van der Waals surface area contributed by atoms with Crippen LogP contribution in [0.3, 0.4) is 0 Å². The summed E-state index contributed by atoms with van der Waals surface area (Å²) >= 11 is 0. The molecule has 0 spiro atoms. The molecule has 1 fully saturated rings. The van der Waals surface area contributed by atoms with Crippen molar-refractivity contribution >= 4 is 0 Å². The Morgan fingerprint density at radius 2 is 2.00 bits per heavy atom. The van der Waals surface area contributed by atoms with Gasteiger partial charge in [0.1, 0.15) is 0 Å². The lowest BCUT2D eigenvalue weighted by molar-refractivity contribution is 0.196. The normalized spacial score (nSPS) is 24.1. The molecule has 100 valence electrons. The monoisotopic (exact) mass is 246 g/mol. The van der Waals surface area contributed by atoms with Crippen LogP contribution in [0.2, 0.25) is 0 Å². The van der Waals surface area contributed by atoms with Gasteiger partial charge < -0.3 is 0 Å². The van der Waals surface area contributed by atoms with E-state index < -0.39 is 0 Å². The fraction of sp³-hybridized carbons (Fsp3) is 0.625. The third kappa shape index (κ3) is 2.93. The van der Waals surface area contributed by atoms with Crippen LogP contribution < -0.4 is 11.3 Å². The zero-order chi connectivity index (χ0) is 13.2. The molecule has 1 aromatic rings. The topological polar surface area (TPSA) is 38.0 Å². The summed E-state index contributed by atoms with van der Waals surface area (Å²) in [6.45, 7) is 6.89. The zero-order valence-electron chi connectivity index (χ0n) is 11.9. The molecule has 0 amide bonds. The number of hydrogen-bond donors (Lipinski definition) is 2. The molecule has 0 saturated heterocycles. The van der Waals surface area contributed by atoms with E-state index >= 15 is 0 Å². The summed E-state index contributed by atoms with van der Waals surface area (Å²) in [6.07, 6.45) is 4.99. The van der Waals surface area contributed by atoms with Crippen LogP contribution in [0.25, 0.3) is 0 Å². The minimum Gasteiger partial charge on any atom is -0.271 e. The molecular weight excluding hydrogens is 220 g/mol. The van der Waals surface area contributed by atoms with Crippen LogP contribution in [-0.2, 0) is 6.42 Å². The van der Waals surface area contributed by atoms with Crippen molar-refractivity contribution in [3.8, 4) is 0 Å². The molecule has 0 aromatic heterocycles. The number of aryl methyl sites for hydroxylation is 1. The summed E-state index contributed by atoms with van der Waals surface area (Å²) in [5.74, 6) is 6.49. The van der Waals surface area contributed by atoms with Crippen molar-refractivity contribution in [2.75, 3.05) is 0 Å². The highest BCUT2D eigenvalue weighted by Gasteiger charge is 2.38. The minimum absolute atomic E-state index is 0.394. The first-order valence-corrected chi connectivity index (χ1v) is 7.04. The van der Waals surface area contributed by atoms with Gasteiger partial charge >= 0.3 is 0 Å². The van der Waals surface area contributed by atoms with Gasteiger partial charge in [-0.1, -0.05) is 50.1 Å². The van der Waals surface area contributed by atoms with Gasteiger partial charge in [-0.3, -0.25) is 11.3 Å². The second kappa shape index (κ2) is 5.41. The zero-order valence-corrected chi connectivity index (χ0v) is 11.9. The SMILES string of the molecule is Cc1ccc(CC(NN)C2CCCC2(C)C)cc1. The summed E-state index contributed by atoms with van der Waals surface area (Å²) in [5, 5.41) is 0. The average Bonchev–Trinajstić information content (AvgIpc) is 2.68. The van der Waals surface area contributed by atoms with Crippen LogP contribution in [-0.4, -0.2) is 6.04 Å². The maximum absolute atomic E-state index is 5.80. The second-order valence-electron chi connectivity index (χ2n) is 6.45. The molecule has 1 aliphatic rings. The summed E-state index contributed by atoms with van der Waals surface area (Å²) in [7, 11) is 0. The fourth-order valence-corrected chi connectivity index (χ4v) is 3.39. The van der Waals surface area contributed by atoms with Gasteiger partial charge in [0.05, 0.1) is 0 Å². The van der Waals surface area contributed by atoms with Gasteiger partial charge in [0, 0.05) is 6.04 Å². The highest BCUT2D eigenvalue weighted by atomic mass is 15.2. The molecule has 2 atom stereocenters. The Morgan fingerprint density at radius 1 is 1.33 bits per heavy atom. The van der Waals surface area contributed by atoms with E-state index in [-0.39, 0.29) is 0 Å². The smallest absolute Gasteiger partial charge is 0.0284 e. The van der Waals surface area contributed by atoms with Crippen molar-refractivity contribution in [3.05, 3.63) is 35.4 Å². The molecule has 0 aliphatic heterocycles. The Balaban J connectivity index is 2.07. The Hall–Kier alpha value is -0.860. The Labute approximate surface area is 111 Å². The van der Waals surface area contributed by atoms with Crippen LogP contribution in [0.5, 0.6) is 0 Å². The quantitative estimate of drug-likeness (QED) is 0.632. The maximum atomic E-state index is 5.80. The summed E-state index contributed by atoms with van der Waals surface area (Å²) in [6, 6.07) is 9.21. The van der Waals surface area contributed by atoms with Crippen molar-refractivity contribution in [2.24, 2.45) is 17.2 Å². The van der Waals surface area contributed by atoms with Gasteiger partial charge in [0.25, 0.3) is 0 Å². The van der Waals surface area contributed by atoms with Crippen LogP contribution >= 0.6 is 0 Å². The van der Waals surface area contributed by atoms with Gasteiger partial charge in [0.2, 0.25) is 0 Å². The lowest BCUT2D eigenvalue weighted by atomic mass is 9.76. The van der Waals surface area contributed by atoms with Gasteiger partial charge in [-0.25, -0.2) is 0 Å². The molecule has 3 N–H and O–H groups in total. The van der Waals surface area contributed by atoms with Crippen LogP contribution in [0, 0.1) is 18.3 Å². The summed E-state index contributed by atoms with van der Waals surface area (Å²) in [4.78, 5) is 0. The largest absolute Gasteiger partial charge is 0.271 e. The van der Waals surface area contributed by atoms with Crippen molar-refractivity contribution in [2.45, 2.75) is 52.5 Å². The van der Waals surface area contributed by atoms with Gasteiger partial charge in [0.15, 0.2) is 0 Å². The van der Waals surface area contributed by atoms with E-state index in [0.29, 0.717) is 17.4 Å². The molecular formula is C16H26N2. The highest BCUT2D eigenvalue weighted by molar-refractivity contribution is 5.22. The molecule has 2 unspecified atom stereocenters. The predicted molar refractivity (Wildman–Crippen MR) is 77.1 cm³/mol. The Bertz CT molecular complexity index is 381. The third-order valence-corrected chi connectivity index (χ3v) is 4.62. The summed E-state index contributed by atoms with van der Waals surface area (Å²) in [5.41, 5.74) is 6.18. The first-order chi connectivity index (χ1) is 8.53. The second-order valence-corrected chi connectivity index (χ2v) is 6.45. The number of nitrogens with one attached hydrogen (secondary N) is 1. The number of nitrogens with two attached hydrogens (primary N) is 1.